The summed E-state index contributed by atoms with van der Waals surface area (Å²) in [7, 11) is 2.08. The number of aryl methyl sites for hydroxylation is 1. The van der Waals surface area contributed by atoms with Crippen molar-refractivity contribution in [3.8, 4) is 0 Å². The molecule has 11 heteroatoms. The molecule has 1 aliphatic heterocycles. The number of hydrogen-bond acceptors (Lipinski definition) is 8. The lowest BCUT2D eigenvalue weighted by molar-refractivity contribution is -0.154. The van der Waals surface area contributed by atoms with Crippen LogP contribution >= 0.6 is 0 Å². The van der Waals surface area contributed by atoms with Crippen LogP contribution in [0.15, 0.2) is 0 Å². The Hall–Kier alpha value is -2.53. The highest BCUT2D eigenvalue weighted by Crippen LogP contribution is 2.31. The van der Waals surface area contributed by atoms with Crippen LogP contribution in [0.1, 0.15) is 58.2 Å². The number of nitrogens with zero attached hydrogens (tertiary/aromatic N) is 5. The van der Waals surface area contributed by atoms with Crippen LogP contribution in [0.25, 0.3) is 0 Å². The van der Waals surface area contributed by atoms with Crippen molar-refractivity contribution in [1.29, 1.82) is 0 Å². The number of likely N-dealkylation sites (N-methyl/N-ethyl adjacent to an activating group) is 1. The van der Waals surface area contributed by atoms with Gasteiger partial charge in [0.15, 0.2) is 11.6 Å². The predicted octanol–water partition coefficient (Wildman–Crippen LogP) is 2.33. The number of anilines is 2. The Labute approximate surface area is 200 Å². The van der Waals surface area contributed by atoms with Crippen molar-refractivity contribution >= 4 is 24.0 Å². The van der Waals surface area contributed by atoms with Crippen molar-refractivity contribution in [3.63, 3.8) is 0 Å². The van der Waals surface area contributed by atoms with Crippen LogP contribution in [-0.2, 0) is 9.59 Å². The number of amides is 2. The number of hydrazine groups is 1. The maximum absolute atomic E-state index is 15.5. The van der Waals surface area contributed by atoms with Crippen molar-refractivity contribution < 1.29 is 19.2 Å². The monoisotopic (exact) mass is 479 g/mol. The van der Waals surface area contributed by atoms with Gasteiger partial charge in [-0.05, 0) is 39.7 Å². The first-order chi connectivity index (χ1) is 16.2. The van der Waals surface area contributed by atoms with Gasteiger partial charge in [-0.1, -0.05) is 32.6 Å². The molecule has 0 bridgehead atoms. The number of carbonyl (C=O) groups excluding carboxylic acids is 2. The number of nitrogens with one attached hydrogen (secondary N) is 2. The molecule has 10 nitrogen and oxygen atoms in total. The average molecular weight is 480 g/mol. The molecule has 1 saturated heterocycles. The van der Waals surface area contributed by atoms with E-state index in [4.69, 9.17) is 0 Å². The summed E-state index contributed by atoms with van der Waals surface area (Å²) in [4.78, 5) is 36.6. The molecule has 3 atom stereocenters. The molecule has 3 rings (SSSR count). The fraction of sp³-hybridized carbons (Fsp3) is 0.739. The molecule has 0 spiro atoms. The summed E-state index contributed by atoms with van der Waals surface area (Å²) in [6, 6.07) is 0.353. The summed E-state index contributed by atoms with van der Waals surface area (Å²) < 4.78 is 15.5. The van der Waals surface area contributed by atoms with E-state index < -0.39 is 17.6 Å². The van der Waals surface area contributed by atoms with Gasteiger partial charge in [0.25, 0.3) is 0 Å². The van der Waals surface area contributed by atoms with Crippen LogP contribution in [0.2, 0.25) is 0 Å². The fourth-order valence-corrected chi connectivity index (χ4v) is 5.17. The number of hydroxylamine groups is 2. The zero-order chi connectivity index (χ0) is 24.8. The predicted molar refractivity (Wildman–Crippen MR) is 127 cm³/mol. The lowest BCUT2D eigenvalue weighted by Gasteiger charge is -2.44. The summed E-state index contributed by atoms with van der Waals surface area (Å²) in [6.07, 6.45) is 6.05. The van der Waals surface area contributed by atoms with Gasteiger partial charge in [0.05, 0.1) is 12.5 Å². The first kappa shape index (κ1) is 26.1. The van der Waals surface area contributed by atoms with Crippen LogP contribution < -0.4 is 15.8 Å². The third-order valence-electron chi connectivity index (χ3n) is 7.10. The zero-order valence-electron chi connectivity index (χ0n) is 20.6. The summed E-state index contributed by atoms with van der Waals surface area (Å²) in [5, 5.41) is 10.1. The van der Waals surface area contributed by atoms with E-state index in [1.54, 1.807) is 6.92 Å². The van der Waals surface area contributed by atoms with Gasteiger partial charge in [-0.25, -0.2) is 15.0 Å². The third kappa shape index (κ3) is 6.32. The maximum Gasteiger partial charge on any atom is 0.243 e. The van der Waals surface area contributed by atoms with Gasteiger partial charge in [0.2, 0.25) is 18.1 Å². The van der Waals surface area contributed by atoms with Crippen LogP contribution in [0.3, 0.4) is 0 Å². The zero-order valence-corrected chi connectivity index (χ0v) is 20.6. The van der Waals surface area contributed by atoms with Crippen molar-refractivity contribution in [1.82, 2.24) is 25.4 Å². The second-order valence-corrected chi connectivity index (χ2v) is 9.68. The van der Waals surface area contributed by atoms with E-state index in [9.17, 15) is 14.8 Å². The van der Waals surface area contributed by atoms with Gasteiger partial charge >= 0.3 is 0 Å². The van der Waals surface area contributed by atoms with Gasteiger partial charge in [-0.3, -0.25) is 30.5 Å². The number of piperazine rings is 1. The Morgan fingerprint density at radius 1 is 1.32 bits per heavy atom. The van der Waals surface area contributed by atoms with Gasteiger partial charge in [0.1, 0.15) is 5.82 Å². The molecule has 3 N–H and O–H groups in total. The van der Waals surface area contributed by atoms with Gasteiger partial charge in [-0.15, -0.1) is 0 Å². The number of aromatic nitrogens is 2. The molecule has 1 aromatic heterocycles. The highest BCUT2D eigenvalue weighted by atomic mass is 19.1. The lowest BCUT2D eigenvalue weighted by atomic mass is 9.92. The number of halogens is 1. The molecule has 1 aliphatic carbocycles. The molecule has 0 aromatic carbocycles. The molecule has 2 heterocycles. The Balaban J connectivity index is 1.73. The van der Waals surface area contributed by atoms with E-state index >= 15 is 4.39 Å². The van der Waals surface area contributed by atoms with E-state index in [1.807, 2.05) is 11.8 Å². The first-order valence-corrected chi connectivity index (χ1v) is 12.2. The smallest absolute Gasteiger partial charge is 0.243 e. The normalized spacial score (nSPS) is 22.5. The summed E-state index contributed by atoms with van der Waals surface area (Å²) in [5.74, 6) is -0.813. The van der Waals surface area contributed by atoms with Crippen molar-refractivity contribution in [2.45, 2.75) is 71.4 Å². The standard InChI is InChI=1S/C23H38FN7O3/c1-5-19-13-31(15(2)11-29(19)4)22-20(24)21(25-16(3)26-22)27-28-23(33)18(12-30(34)14-32)10-17-8-6-7-9-17/h14-15,17-19,34H,5-13H2,1-4H3,(H,28,33)(H,25,26,27)/t15?,18-,19?/m1/s1. The molecular formula is C23H38FN7O3. The molecule has 1 saturated carbocycles. The van der Waals surface area contributed by atoms with Crippen LogP contribution in [0, 0.1) is 24.6 Å². The first-order valence-electron chi connectivity index (χ1n) is 12.2. The maximum atomic E-state index is 15.5. The van der Waals surface area contributed by atoms with Gasteiger partial charge in [0, 0.05) is 25.2 Å². The molecule has 34 heavy (non-hydrogen) atoms. The van der Waals surface area contributed by atoms with Crippen molar-refractivity contribution in [2.24, 2.45) is 11.8 Å². The quantitative estimate of drug-likeness (QED) is 0.266. The topological polar surface area (TPSA) is 114 Å². The van der Waals surface area contributed by atoms with Gasteiger partial charge < -0.3 is 4.90 Å². The Bertz CT molecular complexity index is 852. The SMILES string of the molecule is CCC1CN(c2nc(C)nc(NNC(=O)[C@H](CC3CCCC3)CN(O)C=O)c2F)C(C)CN1C. The highest BCUT2D eigenvalue weighted by molar-refractivity contribution is 5.80. The fourth-order valence-electron chi connectivity index (χ4n) is 5.17. The lowest BCUT2D eigenvalue weighted by Crippen LogP contribution is -2.56. The van der Waals surface area contributed by atoms with Crippen molar-refractivity contribution in [3.05, 3.63) is 11.6 Å². The molecule has 2 aliphatic rings. The molecule has 190 valence electrons. The van der Waals surface area contributed by atoms with Crippen LogP contribution in [0.4, 0.5) is 16.0 Å². The largest absolute Gasteiger partial charge is 0.348 e. The van der Waals surface area contributed by atoms with Crippen LogP contribution in [0.5, 0.6) is 0 Å². The minimum Gasteiger partial charge on any atom is -0.348 e. The van der Waals surface area contributed by atoms with E-state index in [0.717, 1.165) is 38.6 Å². The third-order valence-corrected chi connectivity index (χ3v) is 7.10. The minimum absolute atomic E-state index is 0.0636. The summed E-state index contributed by atoms with van der Waals surface area (Å²) >= 11 is 0. The molecule has 0 radical (unpaired) electrons. The molecule has 2 amide bonds. The van der Waals surface area contributed by atoms with E-state index in [1.165, 1.54) is 0 Å². The second-order valence-electron chi connectivity index (χ2n) is 9.68. The molecule has 2 unspecified atom stereocenters. The van der Waals surface area contributed by atoms with E-state index in [-0.39, 0.29) is 36.7 Å². The van der Waals surface area contributed by atoms with E-state index in [0.29, 0.717) is 29.8 Å². The van der Waals surface area contributed by atoms with E-state index in [2.05, 4.69) is 39.7 Å². The highest BCUT2D eigenvalue weighted by Gasteiger charge is 2.32. The van der Waals surface area contributed by atoms with Crippen LogP contribution in [-0.4, -0.2) is 76.2 Å². The summed E-state index contributed by atoms with van der Waals surface area (Å²) in [5.41, 5.74) is 5.17. The number of hydrogen-bond donors (Lipinski definition) is 3. The second kappa shape index (κ2) is 11.7. The molecule has 1 aromatic rings. The van der Waals surface area contributed by atoms with Crippen molar-refractivity contribution in [2.75, 3.05) is 37.0 Å². The number of carbonyl (C=O) groups is 2. The Morgan fingerprint density at radius 2 is 2.03 bits per heavy atom. The van der Waals surface area contributed by atoms with Gasteiger partial charge in [-0.2, -0.15) is 4.39 Å². The average Bonchev–Trinajstić information content (AvgIpc) is 3.32. The molecule has 2 fully saturated rings. The number of rotatable bonds is 10. The summed E-state index contributed by atoms with van der Waals surface area (Å²) in [6.45, 7) is 7.15. The molecular weight excluding hydrogens is 441 g/mol. The Kier molecular flexibility index (Phi) is 9.01. The minimum atomic E-state index is -0.626. The Morgan fingerprint density at radius 3 is 2.68 bits per heavy atom.